The molecule has 0 atom stereocenters. The summed E-state index contributed by atoms with van der Waals surface area (Å²) in [4.78, 5) is 16.7. The van der Waals surface area contributed by atoms with Crippen LogP contribution in [-0.2, 0) is 11.3 Å². The summed E-state index contributed by atoms with van der Waals surface area (Å²) in [5, 5.41) is 3.38. The lowest BCUT2D eigenvalue weighted by atomic mass is 10.2. The van der Waals surface area contributed by atoms with Crippen molar-refractivity contribution in [3.8, 4) is 5.75 Å². The summed E-state index contributed by atoms with van der Waals surface area (Å²) < 4.78 is 29.4. The first-order valence-electron chi connectivity index (χ1n) is 9.02. The van der Waals surface area contributed by atoms with Crippen molar-refractivity contribution < 1.29 is 18.3 Å². The van der Waals surface area contributed by atoms with Crippen molar-refractivity contribution in [2.45, 2.75) is 13.2 Å². The summed E-state index contributed by atoms with van der Waals surface area (Å²) in [6.45, 7) is 1.33. The Morgan fingerprint density at radius 2 is 1.68 bits per heavy atom. The molecule has 1 amide bonds. The molecule has 0 saturated carbocycles. The molecule has 0 aliphatic carbocycles. The molecule has 1 heterocycles. The molecule has 1 aliphatic heterocycles. The maximum absolute atomic E-state index is 12.5. The monoisotopic (exact) mass is 409 g/mol. The summed E-state index contributed by atoms with van der Waals surface area (Å²) in [6, 6.07) is 14.0. The summed E-state index contributed by atoms with van der Waals surface area (Å²) in [6.07, 6.45) is 0. The second-order valence-corrected chi connectivity index (χ2v) is 7.04. The molecular formula is C20H22ClF2N3O2. The molecule has 1 N–H and O–H groups in total. The fraction of sp³-hybridized carbons (Fsp3) is 0.350. The maximum atomic E-state index is 12.5. The lowest BCUT2D eigenvalue weighted by Crippen LogP contribution is -2.48. The molecule has 0 unspecified atom stereocenters. The Labute approximate surface area is 167 Å². The van der Waals surface area contributed by atoms with E-state index in [1.807, 2.05) is 29.2 Å². The van der Waals surface area contributed by atoms with Gasteiger partial charge < -0.3 is 10.1 Å². The van der Waals surface area contributed by atoms with Crippen LogP contribution in [0, 0.1) is 0 Å². The van der Waals surface area contributed by atoms with E-state index in [0.29, 0.717) is 0 Å². The molecule has 0 bridgehead atoms. The highest BCUT2D eigenvalue weighted by atomic mass is 35.5. The van der Waals surface area contributed by atoms with Crippen LogP contribution in [0.15, 0.2) is 48.5 Å². The third-order valence-electron chi connectivity index (χ3n) is 4.53. The van der Waals surface area contributed by atoms with Crippen LogP contribution in [0.5, 0.6) is 5.75 Å². The standard InChI is InChI=1S/C20H22ClF2N3O2/c21-16-7-5-15(6-8-16)13-25-9-11-26(12-10-25)14-19(27)24-17-3-1-2-4-18(17)28-20(22)23/h1-8,20H,9-14H2,(H,24,27). The van der Waals surface area contributed by atoms with Crippen LogP contribution in [0.4, 0.5) is 14.5 Å². The molecule has 3 rings (SSSR count). The number of halogens is 3. The summed E-state index contributed by atoms with van der Waals surface area (Å²) in [5.41, 5.74) is 1.44. The second kappa shape index (κ2) is 9.82. The van der Waals surface area contributed by atoms with Crippen molar-refractivity contribution in [1.82, 2.24) is 9.80 Å². The van der Waals surface area contributed by atoms with Gasteiger partial charge in [0.15, 0.2) is 0 Å². The fourth-order valence-corrected chi connectivity index (χ4v) is 3.24. The van der Waals surface area contributed by atoms with Gasteiger partial charge in [-0.05, 0) is 29.8 Å². The molecule has 0 spiro atoms. The molecule has 0 aromatic heterocycles. The van der Waals surface area contributed by atoms with E-state index in [-0.39, 0.29) is 23.9 Å². The smallest absolute Gasteiger partial charge is 0.387 e. The van der Waals surface area contributed by atoms with Crippen LogP contribution in [0.2, 0.25) is 5.02 Å². The predicted molar refractivity (Wildman–Crippen MR) is 105 cm³/mol. The van der Waals surface area contributed by atoms with E-state index in [1.54, 1.807) is 18.2 Å². The first-order chi connectivity index (χ1) is 13.5. The summed E-state index contributed by atoms with van der Waals surface area (Å²) >= 11 is 5.91. The van der Waals surface area contributed by atoms with Gasteiger partial charge >= 0.3 is 6.61 Å². The molecule has 5 nitrogen and oxygen atoms in total. The van der Waals surface area contributed by atoms with E-state index in [1.165, 1.54) is 11.6 Å². The predicted octanol–water partition coefficient (Wildman–Crippen LogP) is 3.70. The Morgan fingerprint density at radius 3 is 2.36 bits per heavy atom. The second-order valence-electron chi connectivity index (χ2n) is 6.60. The Balaban J connectivity index is 1.46. The van der Waals surface area contributed by atoms with Crippen LogP contribution in [-0.4, -0.2) is 55.0 Å². The largest absolute Gasteiger partial charge is 0.433 e. The zero-order valence-corrected chi connectivity index (χ0v) is 16.0. The molecule has 0 radical (unpaired) electrons. The van der Waals surface area contributed by atoms with Gasteiger partial charge in [-0.2, -0.15) is 8.78 Å². The van der Waals surface area contributed by atoms with E-state index in [2.05, 4.69) is 15.0 Å². The van der Waals surface area contributed by atoms with Crippen LogP contribution in [0.25, 0.3) is 0 Å². The van der Waals surface area contributed by atoms with Gasteiger partial charge in [-0.15, -0.1) is 0 Å². The third-order valence-corrected chi connectivity index (χ3v) is 4.78. The zero-order valence-electron chi connectivity index (χ0n) is 15.3. The molecule has 2 aromatic carbocycles. The van der Waals surface area contributed by atoms with E-state index < -0.39 is 6.61 Å². The first-order valence-corrected chi connectivity index (χ1v) is 9.40. The number of nitrogens with one attached hydrogen (secondary N) is 1. The van der Waals surface area contributed by atoms with Gasteiger partial charge in [0.05, 0.1) is 12.2 Å². The number of benzene rings is 2. The Hall–Kier alpha value is -2.22. The van der Waals surface area contributed by atoms with Crippen LogP contribution >= 0.6 is 11.6 Å². The zero-order chi connectivity index (χ0) is 19.9. The molecule has 150 valence electrons. The van der Waals surface area contributed by atoms with Gasteiger partial charge in [0.2, 0.25) is 5.91 Å². The van der Waals surface area contributed by atoms with Gasteiger partial charge in [-0.25, -0.2) is 0 Å². The number of hydrogen-bond donors (Lipinski definition) is 1. The van der Waals surface area contributed by atoms with Gasteiger partial charge in [0.25, 0.3) is 0 Å². The lowest BCUT2D eigenvalue weighted by Gasteiger charge is -2.34. The van der Waals surface area contributed by atoms with E-state index >= 15 is 0 Å². The van der Waals surface area contributed by atoms with Gasteiger partial charge in [0.1, 0.15) is 5.75 Å². The van der Waals surface area contributed by atoms with Crippen molar-refractivity contribution >= 4 is 23.2 Å². The SMILES string of the molecule is O=C(CN1CCN(Cc2ccc(Cl)cc2)CC1)Nc1ccccc1OC(F)F. The Bertz CT molecular complexity index is 781. The average Bonchev–Trinajstić information content (AvgIpc) is 2.66. The van der Waals surface area contributed by atoms with Crippen molar-refractivity contribution in [3.05, 3.63) is 59.1 Å². The molecule has 8 heteroatoms. The minimum atomic E-state index is -2.94. The number of amides is 1. The number of ether oxygens (including phenoxy) is 1. The number of rotatable bonds is 7. The molecule has 1 aliphatic rings. The summed E-state index contributed by atoms with van der Waals surface area (Å²) in [7, 11) is 0. The number of hydrogen-bond acceptors (Lipinski definition) is 4. The number of anilines is 1. The molecular weight excluding hydrogens is 388 g/mol. The average molecular weight is 410 g/mol. The number of piperazine rings is 1. The van der Waals surface area contributed by atoms with E-state index in [4.69, 9.17) is 11.6 Å². The van der Waals surface area contributed by atoms with Crippen molar-refractivity contribution in [2.24, 2.45) is 0 Å². The van der Waals surface area contributed by atoms with Crippen molar-refractivity contribution in [3.63, 3.8) is 0 Å². The van der Waals surface area contributed by atoms with E-state index in [9.17, 15) is 13.6 Å². The molecule has 28 heavy (non-hydrogen) atoms. The Morgan fingerprint density at radius 1 is 1.04 bits per heavy atom. The Kier molecular flexibility index (Phi) is 7.19. The summed E-state index contributed by atoms with van der Waals surface area (Å²) in [5.74, 6) is -0.296. The fourth-order valence-electron chi connectivity index (χ4n) is 3.12. The van der Waals surface area contributed by atoms with Gasteiger partial charge in [-0.3, -0.25) is 14.6 Å². The third kappa shape index (κ3) is 6.15. The van der Waals surface area contributed by atoms with E-state index in [0.717, 1.165) is 37.7 Å². The van der Waals surface area contributed by atoms with Crippen LogP contribution < -0.4 is 10.1 Å². The highest BCUT2D eigenvalue weighted by Gasteiger charge is 2.20. The highest BCUT2D eigenvalue weighted by Crippen LogP contribution is 2.25. The number of carbonyl (C=O) groups excluding carboxylic acids is 1. The van der Waals surface area contributed by atoms with Crippen LogP contribution in [0.1, 0.15) is 5.56 Å². The van der Waals surface area contributed by atoms with Gasteiger partial charge in [0, 0.05) is 37.7 Å². The van der Waals surface area contributed by atoms with Gasteiger partial charge in [-0.1, -0.05) is 35.9 Å². The first kappa shape index (κ1) is 20.5. The number of nitrogens with zero attached hydrogens (tertiary/aromatic N) is 2. The quantitative estimate of drug-likeness (QED) is 0.757. The highest BCUT2D eigenvalue weighted by molar-refractivity contribution is 6.30. The van der Waals surface area contributed by atoms with Crippen LogP contribution in [0.3, 0.4) is 0 Å². The number of carbonyl (C=O) groups is 1. The minimum Gasteiger partial charge on any atom is -0.433 e. The lowest BCUT2D eigenvalue weighted by molar-refractivity contribution is -0.117. The molecule has 1 saturated heterocycles. The minimum absolute atomic E-state index is 0.0429. The topological polar surface area (TPSA) is 44.8 Å². The number of para-hydroxylation sites is 2. The number of alkyl halides is 2. The van der Waals surface area contributed by atoms with Crippen molar-refractivity contribution in [2.75, 3.05) is 38.0 Å². The molecule has 1 fully saturated rings. The van der Waals surface area contributed by atoms with Crippen molar-refractivity contribution in [1.29, 1.82) is 0 Å². The normalized spacial score (nSPS) is 15.6. The molecule has 2 aromatic rings. The maximum Gasteiger partial charge on any atom is 0.387 e.